The van der Waals surface area contributed by atoms with Crippen LogP contribution in [0.4, 0.5) is 18.9 Å². The normalized spacial score (nSPS) is 11.4. The molecule has 6 nitrogen and oxygen atoms in total. The Morgan fingerprint density at radius 2 is 1.95 bits per heavy atom. The minimum absolute atomic E-state index is 0.0956. The smallest absolute Gasteiger partial charge is 0.292 e. The van der Waals surface area contributed by atoms with Crippen LogP contribution in [0.3, 0.4) is 0 Å². The van der Waals surface area contributed by atoms with E-state index in [1.807, 2.05) is 0 Å². The zero-order valence-electron chi connectivity index (χ0n) is 10.8. The summed E-state index contributed by atoms with van der Waals surface area (Å²) in [7, 11) is 0.931. The van der Waals surface area contributed by atoms with E-state index in [1.54, 1.807) is 0 Å². The van der Waals surface area contributed by atoms with Gasteiger partial charge in [0.25, 0.3) is 5.56 Å². The summed E-state index contributed by atoms with van der Waals surface area (Å²) in [5, 5.41) is 0. The molecule has 0 aliphatic heterocycles. The molecule has 110 valence electrons. The molecule has 0 aliphatic rings. The van der Waals surface area contributed by atoms with Gasteiger partial charge in [-0.25, -0.2) is 14.3 Å². The van der Waals surface area contributed by atoms with Crippen LogP contribution in [-0.4, -0.2) is 20.8 Å². The number of hydrogen-bond donors (Lipinski definition) is 0. The third-order valence-electron chi connectivity index (χ3n) is 2.75. The summed E-state index contributed by atoms with van der Waals surface area (Å²) in [5.74, 6) is -0.0956. The van der Waals surface area contributed by atoms with E-state index in [1.165, 1.54) is 18.3 Å². The Kier molecular flexibility index (Phi) is 3.50. The van der Waals surface area contributed by atoms with Crippen molar-refractivity contribution in [3.63, 3.8) is 0 Å². The first-order chi connectivity index (χ1) is 9.75. The topological polar surface area (TPSA) is 69.2 Å². The first kappa shape index (κ1) is 14.7. The fraction of sp³-hybridized carbons (Fsp3) is 0.167. The molecule has 21 heavy (non-hydrogen) atoms. The lowest BCUT2D eigenvalue weighted by molar-refractivity contribution is -0.144. The second-order valence-corrected chi connectivity index (χ2v) is 4.08. The van der Waals surface area contributed by atoms with Gasteiger partial charge in [0.05, 0.1) is 11.9 Å². The van der Waals surface area contributed by atoms with Crippen LogP contribution in [-0.2, 0) is 13.2 Å². The summed E-state index contributed by atoms with van der Waals surface area (Å²) in [6.45, 7) is 3.27. The fourth-order valence-electron chi connectivity index (χ4n) is 1.71. The summed E-state index contributed by atoms with van der Waals surface area (Å²) in [4.78, 5) is 31.1. The molecular weight excluding hydrogens is 289 g/mol. The van der Waals surface area contributed by atoms with Gasteiger partial charge in [-0.1, -0.05) is 0 Å². The number of aliphatic imine (C=N–C) groups is 1. The highest BCUT2D eigenvalue weighted by molar-refractivity contribution is 5.45. The van der Waals surface area contributed by atoms with Crippen LogP contribution in [0.15, 0.2) is 39.0 Å². The molecule has 0 unspecified atom stereocenters. The standard InChI is InChI=1S/C12H9F3N4O2/c1-16-7-3-4-9(17-6-7)19-10(20)5-8(12(13,14)15)18(2)11(19)21/h3-6H,1H2,2H3. The van der Waals surface area contributed by atoms with Crippen LogP contribution in [0, 0.1) is 0 Å². The highest BCUT2D eigenvalue weighted by atomic mass is 19.4. The summed E-state index contributed by atoms with van der Waals surface area (Å²) in [6.07, 6.45) is -3.55. The molecule has 0 aliphatic carbocycles. The molecule has 9 heteroatoms. The van der Waals surface area contributed by atoms with Crippen LogP contribution in [0.5, 0.6) is 0 Å². The summed E-state index contributed by atoms with van der Waals surface area (Å²) < 4.78 is 39.0. The van der Waals surface area contributed by atoms with Gasteiger partial charge in [0.1, 0.15) is 11.5 Å². The molecule has 0 fully saturated rings. The molecule has 2 rings (SSSR count). The van der Waals surface area contributed by atoms with E-state index in [9.17, 15) is 22.8 Å². The SMILES string of the molecule is C=Nc1ccc(-n2c(=O)cc(C(F)(F)F)n(C)c2=O)nc1. The van der Waals surface area contributed by atoms with E-state index >= 15 is 0 Å². The molecule has 0 saturated carbocycles. The molecule has 2 aromatic heterocycles. The van der Waals surface area contributed by atoms with Crippen LogP contribution >= 0.6 is 0 Å². The molecule has 2 aromatic rings. The fourth-order valence-corrected chi connectivity index (χ4v) is 1.71. The molecule has 0 aromatic carbocycles. The van der Waals surface area contributed by atoms with Crippen LogP contribution < -0.4 is 11.2 Å². The number of rotatable bonds is 2. The second-order valence-electron chi connectivity index (χ2n) is 4.08. The minimum Gasteiger partial charge on any atom is -0.292 e. The number of hydrogen-bond acceptors (Lipinski definition) is 4. The first-order valence-corrected chi connectivity index (χ1v) is 5.59. The van der Waals surface area contributed by atoms with Crippen molar-refractivity contribution in [3.8, 4) is 5.82 Å². The van der Waals surface area contributed by atoms with Crippen molar-refractivity contribution in [3.05, 3.63) is 50.9 Å². The monoisotopic (exact) mass is 298 g/mol. The highest BCUT2D eigenvalue weighted by Gasteiger charge is 2.35. The van der Waals surface area contributed by atoms with Crippen molar-refractivity contribution in [1.29, 1.82) is 0 Å². The van der Waals surface area contributed by atoms with Crippen molar-refractivity contribution in [2.45, 2.75) is 6.18 Å². The molecule has 0 spiro atoms. The van der Waals surface area contributed by atoms with Crippen LogP contribution in [0.25, 0.3) is 5.82 Å². The zero-order valence-corrected chi connectivity index (χ0v) is 10.8. The van der Waals surface area contributed by atoms with Gasteiger partial charge in [-0.05, 0) is 18.9 Å². The molecule has 0 bridgehead atoms. The summed E-state index contributed by atoms with van der Waals surface area (Å²) >= 11 is 0. The Morgan fingerprint density at radius 1 is 1.29 bits per heavy atom. The maximum absolute atomic E-state index is 12.7. The molecule has 0 saturated heterocycles. The minimum atomic E-state index is -4.80. The largest absolute Gasteiger partial charge is 0.431 e. The quantitative estimate of drug-likeness (QED) is 0.784. The lowest BCUT2D eigenvalue weighted by atomic mass is 10.3. The van der Waals surface area contributed by atoms with Crippen LogP contribution in [0.2, 0.25) is 0 Å². The van der Waals surface area contributed by atoms with Gasteiger partial charge in [0.2, 0.25) is 0 Å². The van der Waals surface area contributed by atoms with Crippen molar-refractivity contribution in [2.75, 3.05) is 0 Å². The van der Waals surface area contributed by atoms with Gasteiger partial charge in [-0.2, -0.15) is 13.2 Å². The Morgan fingerprint density at radius 3 is 2.43 bits per heavy atom. The number of alkyl halides is 3. The lowest BCUT2D eigenvalue weighted by Crippen LogP contribution is -2.41. The van der Waals surface area contributed by atoms with E-state index in [0.29, 0.717) is 20.9 Å². The van der Waals surface area contributed by atoms with Gasteiger partial charge < -0.3 is 0 Å². The predicted octanol–water partition coefficient (Wildman–Crippen LogP) is 1.28. The second kappa shape index (κ2) is 5.00. The van der Waals surface area contributed by atoms with E-state index < -0.39 is 23.1 Å². The molecular formula is C12H9F3N4O2. The highest BCUT2D eigenvalue weighted by Crippen LogP contribution is 2.26. The Bertz CT molecular complexity index is 803. The van der Waals surface area contributed by atoms with E-state index in [2.05, 4.69) is 16.7 Å². The lowest BCUT2D eigenvalue weighted by Gasteiger charge is -2.13. The number of aromatic nitrogens is 3. The van der Waals surface area contributed by atoms with Crippen molar-refractivity contribution in [1.82, 2.24) is 14.1 Å². The van der Waals surface area contributed by atoms with Gasteiger partial charge in [0.15, 0.2) is 0 Å². The Balaban J connectivity index is 2.71. The van der Waals surface area contributed by atoms with Crippen molar-refractivity contribution in [2.24, 2.45) is 12.0 Å². The number of halogens is 3. The third-order valence-corrected chi connectivity index (χ3v) is 2.75. The van der Waals surface area contributed by atoms with E-state index in [0.717, 1.165) is 7.05 Å². The van der Waals surface area contributed by atoms with Gasteiger partial charge in [-0.3, -0.25) is 14.4 Å². The molecule has 0 amide bonds. The average molecular weight is 298 g/mol. The predicted molar refractivity (Wildman–Crippen MR) is 69.3 cm³/mol. The average Bonchev–Trinajstić information content (AvgIpc) is 2.42. The zero-order chi connectivity index (χ0) is 15.8. The first-order valence-electron chi connectivity index (χ1n) is 5.59. The molecule has 0 atom stereocenters. The molecule has 0 N–H and O–H groups in total. The number of nitrogens with zero attached hydrogens (tertiary/aromatic N) is 4. The molecule has 0 radical (unpaired) electrons. The maximum atomic E-state index is 12.7. The summed E-state index contributed by atoms with van der Waals surface area (Å²) in [5.41, 5.74) is -3.17. The van der Waals surface area contributed by atoms with Crippen LogP contribution in [0.1, 0.15) is 5.69 Å². The maximum Gasteiger partial charge on any atom is 0.431 e. The van der Waals surface area contributed by atoms with Gasteiger partial charge in [0, 0.05) is 13.1 Å². The Hall–Kier alpha value is -2.71. The third kappa shape index (κ3) is 2.62. The van der Waals surface area contributed by atoms with Crippen molar-refractivity contribution >= 4 is 12.4 Å². The van der Waals surface area contributed by atoms with E-state index in [4.69, 9.17) is 0 Å². The Labute approximate surface area is 115 Å². The molecule has 2 heterocycles. The van der Waals surface area contributed by atoms with E-state index in [-0.39, 0.29) is 5.82 Å². The van der Waals surface area contributed by atoms with Crippen molar-refractivity contribution < 1.29 is 13.2 Å². The summed E-state index contributed by atoms with van der Waals surface area (Å²) in [6, 6.07) is 3.07. The van der Waals surface area contributed by atoms with Gasteiger partial charge in [-0.15, -0.1) is 0 Å². The number of pyridine rings is 1. The van der Waals surface area contributed by atoms with Gasteiger partial charge >= 0.3 is 11.9 Å².